The molecule has 1 aliphatic heterocycles. The lowest BCUT2D eigenvalue weighted by atomic mass is 9.80. The van der Waals surface area contributed by atoms with E-state index in [-0.39, 0.29) is 0 Å². The number of hydrogen-bond acceptors (Lipinski definition) is 3. The number of allylic oxidation sites excluding steroid dienone is 1. The number of aliphatic imine (C=N–C) groups is 1. The molecule has 5 rings (SSSR count). The topological polar surface area (TPSA) is 42.3 Å². The molecule has 0 atom stereocenters. The van der Waals surface area contributed by atoms with Crippen molar-refractivity contribution in [3.8, 4) is 0 Å². The van der Waals surface area contributed by atoms with Crippen LogP contribution in [-0.2, 0) is 17.8 Å². The van der Waals surface area contributed by atoms with Crippen molar-refractivity contribution in [3.63, 3.8) is 0 Å². The summed E-state index contributed by atoms with van der Waals surface area (Å²) in [5.74, 6) is 1.01. The molecule has 2 aromatic rings. The molecule has 0 spiro atoms. The van der Waals surface area contributed by atoms with E-state index >= 15 is 0 Å². The molecular weight excluding hydrogens is 344 g/mol. The molecule has 2 aliphatic carbocycles. The summed E-state index contributed by atoms with van der Waals surface area (Å²) in [5.41, 5.74) is 9.06. The highest BCUT2D eigenvalue weighted by molar-refractivity contribution is 6.16. The number of Topliss-reactive ketones (excluding diaryl/α,β-unsaturated/α-hetero) is 1. The molecule has 3 nitrogen and oxygen atoms in total. The minimum Gasteiger partial charge on any atom is -0.294 e. The lowest BCUT2D eigenvalue weighted by Gasteiger charge is -2.24. The second-order valence-corrected chi connectivity index (χ2v) is 8.54. The van der Waals surface area contributed by atoms with E-state index in [4.69, 9.17) is 4.99 Å². The Balaban J connectivity index is 1.48. The van der Waals surface area contributed by atoms with Gasteiger partial charge in [-0.05, 0) is 65.8 Å². The first kappa shape index (κ1) is 17.5. The second kappa shape index (κ2) is 7.12. The van der Waals surface area contributed by atoms with Gasteiger partial charge in [0, 0.05) is 29.4 Å². The van der Waals surface area contributed by atoms with Gasteiger partial charge in [0.2, 0.25) is 0 Å². The molecule has 1 aromatic heterocycles. The summed E-state index contributed by atoms with van der Waals surface area (Å²) in [6.45, 7) is 2.71. The number of aromatic nitrogens is 1. The third-order valence-electron chi connectivity index (χ3n) is 6.47. The van der Waals surface area contributed by atoms with Crippen molar-refractivity contribution in [1.29, 1.82) is 0 Å². The van der Waals surface area contributed by atoms with Crippen LogP contribution in [0.15, 0.2) is 41.0 Å². The Labute approximate surface area is 166 Å². The zero-order chi connectivity index (χ0) is 19.1. The maximum Gasteiger partial charge on any atom is 0.163 e. The average Bonchev–Trinajstić information content (AvgIpc) is 3.10. The van der Waals surface area contributed by atoms with Crippen LogP contribution in [0.1, 0.15) is 72.0 Å². The Kier molecular flexibility index (Phi) is 4.46. The number of pyridine rings is 1. The molecule has 0 N–H and O–H groups in total. The molecule has 3 heteroatoms. The van der Waals surface area contributed by atoms with Crippen LogP contribution in [0.25, 0.3) is 6.08 Å². The zero-order valence-corrected chi connectivity index (χ0v) is 16.5. The van der Waals surface area contributed by atoms with Gasteiger partial charge in [-0.25, -0.2) is 0 Å². The average molecular weight is 370 g/mol. The van der Waals surface area contributed by atoms with E-state index in [0.29, 0.717) is 24.7 Å². The van der Waals surface area contributed by atoms with E-state index in [0.717, 1.165) is 29.0 Å². The first-order valence-electron chi connectivity index (χ1n) is 10.5. The Hall–Kier alpha value is -2.55. The molecular formula is C25H26N2O. The van der Waals surface area contributed by atoms with Crippen LogP contribution in [0.4, 0.5) is 0 Å². The van der Waals surface area contributed by atoms with Crippen molar-refractivity contribution in [1.82, 2.24) is 4.98 Å². The van der Waals surface area contributed by atoms with Crippen LogP contribution in [-0.4, -0.2) is 16.5 Å². The summed E-state index contributed by atoms with van der Waals surface area (Å²) < 4.78 is 0. The largest absolute Gasteiger partial charge is 0.294 e. The highest BCUT2D eigenvalue weighted by Gasteiger charge is 2.26. The predicted octanol–water partition coefficient (Wildman–Crippen LogP) is 5.22. The van der Waals surface area contributed by atoms with Crippen molar-refractivity contribution in [2.24, 2.45) is 10.9 Å². The van der Waals surface area contributed by atoms with E-state index in [9.17, 15) is 4.79 Å². The van der Waals surface area contributed by atoms with Crippen LogP contribution in [0.3, 0.4) is 0 Å². The molecule has 0 saturated heterocycles. The highest BCUT2D eigenvalue weighted by Crippen LogP contribution is 2.35. The number of ketones is 1. The summed E-state index contributed by atoms with van der Waals surface area (Å²) in [5, 5.41) is 0. The Morgan fingerprint density at radius 3 is 2.75 bits per heavy atom. The van der Waals surface area contributed by atoms with Crippen molar-refractivity contribution in [2.75, 3.05) is 0 Å². The summed E-state index contributed by atoms with van der Waals surface area (Å²) >= 11 is 0. The number of aryl methyl sites for hydroxylation is 1. The fraction of sp³-hybridized carbons (Fsp3) is 0.400. The standard InChI is InChI=1S/C25H26N2O/c1-16-9-18(7-8-26-16)25-23-13-19-11-21(10-17-5-3-2-4-6-17)24(28)14-20(19)12-22(23)15-27-25/h7-9,11-13,17H,2-6,10,14-15H2,1H3. The van der Waals surface area contributed by atoms with Gasteiger partial charge in [-0.2, -0.15) is 0 Å². The summed E-state index contributed by atoms with van der Waals surface area (Å²) in [4.78, 5) is 21.9. The molecule has 0 unspecified atom stereocenters. The number of benzene rings is 1. The summed E-state index contributed by atoms with van der Waals surface area (Å²) in [6.07, 6.45) is 12.1. The van der Waals surface area contributed by atoms with Gasteiger partial charge in [0.05, 0.1) is 12.3 Å². The molecule has 2 heterocycles. The van der Waals surface area contributed by atoms with Gasteiger partial charge in [0.25, 0.3) is 0 Å². The lowest BCUT2D eigenvalue weighted by molar-refractivity contribution is -0.115. The lowest BCUT2D eigenvalue weighted by Crippen LogP contribution is -2.17. The van der Waals surface area contributed by atoms with E-state index < -0.39 is 0 Å². The number of carbonyl (C=O) groups excluding carboxylic acids is 1. The molecule has 0 radical (unpaired) electrons. The van der Waals surface area contributed by atoms with Gasteiger partial charge >= 0.3 is 0 Å². The second-order valence-electron chi connectivity index (χ2n) is 8.54. The molecule has 3 aliphatic rings. The third-order valence-corrected chi connectivity index (χ3v) is 6.47. The van der Waals surface area contributed by atoms with Gasteiger partial charge in [0.1, 0.15) is 0 Å². The number of nitrogens with zero attached hydrogens (tertiary/aromatic N) is 2. The zero-order valence-electron chi connectivity index (χ0n) is 16.5. The molecule has 1 fully saturated rings. The molecule has 28 heavy (non-hydrogen) atoms. The van der Waals surface area contributed by atoms with Gasteiger partial charge < -0.3 is 0 Å². The summed E-state index contributed by atoms with van der Waals surface area (Å²) in [6, 6.07) is 8.61. The van der Waals surface area contributed by atoms with Crippen LogP contribution < -0.4 is 0 Å². The van der Waals surface area contributed by atoms with Gasteiger partial charge in [-0.1, -0.05) is 38.2 Å². The number of rotatable bonds is 3. The van der Waals surface area contributed by atoms with Gasteiger partial charge in [-0.3, -0.25) is 14.8 Å². The number of fused-ring (bicyclic) bond motifs is 2. The normalized spacial score (nSPS) is 19.1. The van der Waals surface area contributed by atoms with E-state index in [1.165, 1.54) is 54.4 Å². The minimum absolute atomic E-state index is 0.321. The first-order chi connectivity index (χ1) is 13.7. The van der Waals surface area contributed by atoms with Crippen LogP contribution in [0.5, 0.6) is 0 Å². The predicted molar refractivity (Wildman–Crippen MR) is 113 cm³/mol. The van der Waals surface area contributed by atoms with Crippen molar-refractivity contribution in [2.45, 2.75) is 58.4 Å². The number of hydrogen-bond donors (Lipinski definition) is 0. The first-order valence-corrected chi connectivity index (χ1v) is 10.5. The van der Waals surface area contributed by atoms with E-state index in [1.807, 2.05) is 19.2 Å². The van der Waals surface area contributed by atoms with Crippen molar-refractivity contribution >= 4 is 17.6 Å². The quantitative estimate of drug-likeness (QED) is 0.743. The molecule has 1 aromatic carbocycles. The minimum atomic E-state index is 0.321. The van der Waals surface area contributed by atoms with E-state index in [2.05, 4.69) is 29.3 Å². The van der Waals surface area contributed by atoms with Crippen LogP contribution in [0.2, 0.25) is 0 Å². The van der Waals surface area contributed by atoms with Crippen molar-refractivity contribution in [3.05, 3.63) is 69.5 Å². The van der Waals surface area contributed by atoms with Crippen LogP contribution in [0, 0.1) is 12.8 Å². The highest BCUT2D eigenvalue weighted by atomic mass is 16.1. The van der Waals surface area contributed by atoms with Crippen molar-refractivity contribution < 1.29 is 4.79 Å². The molecule has 0 bridgehead atoms. The van der Waals surface area contributed by atoms with Gasteiger partial charge in [0.15, 0.2) is 5.78 Å². The Morgan fingerprint density at radius 2 is 1.93 bits per heavy atom. The van der Waals surface area contributed by atoms with Gasteiger partial charge in [-0.15, -0.1) is 0 Å². The van der Waals surface area contributed by atoms with E-state index in [1.54, 1.807) is 0 Å². The molecule has 0 amide bonds. The Bertz CT molecular complexity index is 1010. The SMILES string of the molecule is Cc1cc(C2=NCc3cc4c(cc32)C=C(CC2CCCCC2)C(=O)C4)ccn1. The summed E-state index contributed by atoms with van der Waals surface area (Å²) in [7, 11) is 0. The number of carbonyl (C=O) groups is 1. The van der Waals surface area contributed by atoms with Crippen LogP contribution >= 0.6 is 0 Å². The monoisotopic (exact) mass is 370 g/mol. The smallest absolute Gasteiger partial charge is 0.163 e. The maximum atomic E-state index is 12.8. The molecule has 1 saturated carbocycles. The Morgan fingerprint density at radius 1 is 1.07 bits per heavy atom. The third kappa shape index (κ3) is 3.23. The molecule has 142 valence electrons. The fourth-order valence-corrected chi connectivity index (χ4v) is 4.97. The maximum absolute atomic E-state index is 12.8. The fourth-order valence-electron chi connectivity index (χ4n) is 4.97.